The van der Waals surface area contributed by atoms with E-state index in [0.29, 0.717) is 0 Å². The molecule has 0 spiro atoms. The number of alkyl halides is 1. The molecule has 0 radical (unpaired) electrons. The van der Waals surface area contributed by atoms with E-state index in [2.05, 4.69) is 10.6 Å². The fraction of sp³-hybridized carbons (Fsp3) is 0.375. The van der Waals surface area contributed by atoms with Crippen molar-refractivity contribution in [2.45, 2.75) is 51.5 Å². The first kappa shape index (κ1) is 27.4. The zero-order valence-corrected chi connectivity index (χ0v) is 19.4. The summed E-state index contributed by atoms with van der Waals surface area (Å²) in [5, 5.41) is 13.8. The van der Waals surface area contributed by atoms with Crippen LogP contribution < -0.4 is 16.2 Å². The van der Waals surface area contributed by atoms with E-state index in [1.54, 1.807) is 31.2 Å². The standard InChI is InChI=1S/C24H28FN3O7/c1-3-20(30)26-17-10-7-11-28(24(17)34)22(15(2)35-14-16-8-5-4-6-9-16)23(33)27-18(12-21(31)32)19(29)13-25/h4-11,15,18,22H,3,12-14H2,1-2H3,(H,26,30)(H,27,33)(H,31,32)/t15-,18+,22-/m0/s1. The van der Waals surface area contributed by atoms with Crippen LogP contribution in [0.3, 0.4) is 0 Å². The van der Waals surface area contributed by atoms with Gasteiger partial charge in [-0.05, 0) is 24.6 Å². The summed E-state index contributed by atoms with van der Waals surface area (Å²) in [6.45, 7) is 1.76. The van der Waals surface area contributed by atoms with Gasteiger partial charge in [0.15, 0.2) is 5.78 Å². The molecule has 188 valence electrons. The number of carboxylic acid groups (broad SMARTS) is 1. The van der Waals surface area contributed by atoms with Gasteiger partial charge in [0.1, 0.15) is 24.4 Å². The average Bonchev–Trinajstić information content (AvgIpc) is 2.84. The molecule has 0 unspecified atom stereocenters. The molecule has 3 N–H and O–H groups in total. The topological polar surface area (TPSA) is 144 Å². The van der Waals surface area contributed by atoms with Crippen LogP contribution in [0.25, 0.3) is 0 Å². The number of ether oxygens (including phenoxy) is 1. The van der Waals surface area contributed by atoms with E-state index in [1.165, 1.54) is 25.3 Å². The number of Topliss-reactive ketones (excluding diaryl/α,β-unsaturated/α-hetero) is 1. The quantitative estimate of drug-likeness (QED) is 0.389. The van der Waals surface area contributed by atoms with Gasteiger partial charge in [0.25, 0.3) is 5.56 Å². The molecule has 0 saturated heterocycles. The number of nitrogens with zero attached hydrogens (tertiary/aromatic N) is 1. The summed E-state index contributed by atoms with van der Waals surface area (Å²) in [5.41, 5.74) is 0.0109. The number of hydrogen-bond donors (Lipinski definition) is 3. The number of pyridine rings is 1. The van der Waals surface area contributed by atoms with Crippen LogP contribution in [0.15, 0.2) is 53.5 Å². The maximum absolute atomic E-state index is 13.2. The van der Waals surface area contributed by atoms with Crippen LogP contribution in [-0.2, 0) is 30.5 Å². The Kier molecular flexibility index (Phi) is 10.3. The number of nitrogens with one attached hydrogen (secondary N) is 2. The first-order valence-corrected chi connectivity index (χ1v) is 10.9. The molecule has 0 aliphatic carbocycles. The SMILES string of the molecule is CCC(=O)Nc1cccn([C@H](C(=O)N[C@H](CC(=O)O)C(=O)CF)[C@H](C)OCc2ccccc2)c1=O. The molecule has 2 rings (SSSR count). The van der Waals surface area contributed by atoms with Gasteiger partial charge >= 0.3 is 5.97 Å². The highest BCUT2D eigenvalue weighted by Crippen LogP contribution is 2.18. The number of ketones is 1. The zero-order valence-electron chi connectivity index (χ0n) is 19.4. The van der Waals surface area contributed by atoms with Gasteiger partial charge in [-0.25, -0.2) is 4.39 Å². The van der Waals surface area contributed by atoms with Gasteiger partial charge in [0.05, 0.1) is 19.1 Å². The third-order valence-electron chi connectivity index (χ3n) is 5.15. The van der Waals surface area contributed by atoms with Gasteiger partial charge < -0.3 is 20.5 Å². The van der Waals surface area contributed by atoms with Crippen LogP contribution in [0, 0.1) is 0 Å². The molecule has 2 aromatic rings. The highest BCUT2D eigenvalue weighted by Gasteiger charge is 2.33. The number of hydrogen-bond acceptors (Lipinski definition) is 6. The van der Waals surface area contributed by atoms with E-state index in [9.17, 15) is 28.4 Å². The first-order valence-electron chi connectivity index (χ1n) is 10.9. The van der Waals surface area contributed by atoms with Crippen LogP contribution >= 0.6 is 0 Å². The molecule has 0 aliphatic rings. The second-order valence-electron chi connectivity index (χ2n) is 7.74. The van der Waals surface area contributed by atoms with Crippen molar-refractivity contribution >= 4 is 29.3 Å². The predicted octanol–water partition coefficient (Wildman–Crippen LogP) is 1.84. The maximum Gasteiger partial charge on any atom is 0.305 e. The summed E-state index contributed by atoms with van der Waals surface area (Å²) in [7, 11) is 0. The fourth-order valence-electron chi connectivity index (χ4n) is 3.29. The Bertz CT molecular complexity index is 1100. The van der Waals surface area contributed by atoms with E-state index < -0.39 is 60.4 Å². The van der Waals surface area contributed by atoms with Crippen molar-refractivity contribution in [3.63, 3.8) is 0 Å². The van der Waals surface area contributed by atoms with Crippen molar-refractivity contribution in [1.29, 1.82) is 0 Å². The molecular weight excluding hydrogens is 461 g/mol. The van der Waals surface area contributed by atoms with E-state index in [4.69, 9.17) is 9.84 Å². The molecule has 2 amide bonds. The van der Waals surface area contributed by atoms with Crippen molar-refractivity contribution < 1.29 is 33.4 Å². The van der Waals surface area contributed by atoms with Gasteiger partial charge in [0, 0.05) is 12.6 Å². The molecule has 3 atom stereocenters. The van der Waals surface area contributed by atoms with Crippen LogP contribution in [0.2, 0.25) is 0 Å². The summed E-state index contributed by atoms with van der Waals surface area (Å²) >= 11 is 0. The molecule has 10 nitrogen and oxygen atoms in total. The van der Waals surface area contributed by atoms with Crippen molar-refractivity contribution in [3.8, 4) is 0 Å². The summed E-state index contributed by atoms with van der Waals surface area (Å²) in [5.74, 6) is -3.86. The molecule has 0 fully saturated rings. The lowest BCUT2D eigenvalue weighted by atomic mass is 10.1. The molecular formula is C24H28FN3O7. The molecule has 0 saturated carbocycles. The summed E-state index contributed by atoms with van der Waals surface area (Å²) in [4.78, 5) is 61.2. The van der Waals surface area contributed by atoms with E-state index >= 15 is 0 Å². The Morgan fingerprint density at radius 1 is 1.11 bits per heavy atom. The number of carboxylic acids is 1. The minimum Gasteiger partial charge on any atom is -0.481 e. The smallest absolute Gasteiger partial charge is 0.305 e. The number of anilines is 1. The van der Waals surface area contributed by atoms with E-state index in [-0.39, 0.29) is 18.7 Å². The van der Waals surface area contributed by atoms with Crippen LogP contribution in [0.1, 0.15) is 38.3 Å². The number of rotatable bonds is 13. The monoisotopic (exact) mass is 489 g/mol. The third kappa shape index (κ3) is 7.85. The molecule has 1 heterocycles. The van der Waals surface area contributed by atoms with Crippen molar-refractivity contribution in [2.24, 2.45) is 0 Å². The first-order chi connectivity index (χ1) is 16.7. The fourth-order valence-corrected chi connectivity index (χ4v) is 3.29. The van der Waals surface area contributed by atoms with Crippen LogP contribution in [0.4, 0.5) is 10.1 Å². The number of carbonyl (C=O) groups excluding carboxylic acids is 3. The number of carbonyl (C=O) groups is 4. The largest absolute Gasteiger partial charge is 0.481 e. The lowest BCUT2D eigenvalue weighted by molar-refractivity contribution is -0.141. The molecule has 0 aliphatic heterocycles. The van der Waals surface area contributed by atoms with Gasteiger partial charge in [-0.2, -0.15) is 0 Å². The van der Waals surface area contributed by atoms with E-state index in [0.717, 1.165) is 10.1 Å². The number of amides is 2. The second-order valence-corrected chi connectivity index (χ2v) is 7.74. The molecule has 11 heteroatoms. The van der Waals surface area contributed by atoms with Crippen molar-refractivity contribution in [1.82, 2.24) is 9.88 Å². The molecule has 35 heavy (non-hydrogen) atoms. The van der Waals surface area contributed by atoms with Gasteiger partial charge in [-0.3, -0.25) is 28.5 Å². The Balaban J connectivity index is 2.42. The number of aromatic nitrogens is 1. The Labute approximate surface area is 201 Å². The van der Waals surface area contributed by atoms with Crippen molar-refractivity contribution in [2.75, 3.05) is 12.0 Å². The lowest BCUT2D eigenvalue weighted by Gasteiger charge is -2.27. The normalized spacial score (nSPS) is 13.3. The minimum atomic E-state index is -1.63. The number of benzene rings is 1. The zero-order chi connectivity index (χ0) is 26.0. The number of aliphatic carboxylic acids is 1. The molecule has 1 aromatic heterocycles. The highest BCUT2D eigenvalue weighted by atomic mass is 19.1. The minimum absolute atomic E-state index is 0.0747. The third-order valence-corrected chi connectivity index (χ3v) is 5.15. The highest BCUT2D eigenvalue weighted by molar-refractivity contribution is 5.94. The summed E-state index contributed by atoms with van der Waals surface area (Å²) in [6.07, 6.45) is -0.352. The second kappa shape index (κ2) is 13.1. The summed E-state index contributed by atoms with van der Waals surface area (Å²) < 4.78 is 19.8. The van der Waals surface area contributed by atoms with Gasteiger partial charge in [-0.15, -0.1) is 0 Å². The Morgan fingerprint density at radius 3 is 2.40 bits per heavy atom. The average molecular weight is 490 g/mol. The molecule has 1 aromatic carbocycles. The van der Waals surface area contributed by atoms with Crippen molar-refractivity contribution in [3.05, 3.63) is 64.6 Å². The van der Waals surface area contributed by atoms with E-state index in [1.807, 2.05) is 6.07 Å². The maximum atomic E-state index is 13.2. The van der Waals surface area contributed by atoms with Gasteiger partial charge in [-0.1, -0.05) is 37.3 Å². The predicted molar refractivity (Wildman–Crippen MR) is 125 cm³/mol. The van der Waals surface area contributed by atoms with Crippen LogP contribution in [0.5, 0.6) is 0 Å². The van der Waals surface area contributed by atoms with Crippen LogP contribution in [-0.4, -0.2) is 52.1 Å². The number of halogens is 1. The lowest BCUT2D eigenvalue weighted by Crippen LogP contribution is -2.50. The summed E-state index contributed by atoms with van der Waals surface area (Å²) in [6, 6.07) is 8.85. The Hall–Kier alpha value is -3.86. The van der Waals surface area contributed by atoms with Gasteiger partial charge in [0.2, 0.25) is 11.8 Å². The molecule has 0 bridgehead atoms. The Morgan fingerprint density at radius 2 is 1.80 bits per heavy atom.